The van der Waals surface area contributed by atoms with Crippen LogP contribution in [0.4, 0.5) is 0 Å². The first-order valence-corrected chi connectivity index (χ1v) is 6.82. The van der Waals surface area contributed by atoms with E-state index in [1.807, 2.05) is 58.0 Å². The number of Topliss-reactive ketones (excluding diaryl/α,β-unsaturated/α-hetero) is 2. The Morgan fingerprint density at radius 2 is 1.63 bits per heavy atom. The van der Waals surface area contributed by atoms with Crippen LogP contribution in [-0.4, -0.2) is 11.6 Å². The minimum absolute atomic E-state index is 0.0228. The van der Waals surface area contributed by atoms with Crippen molar-refractivity contribution in [3.63, 3.8) is 0 Å². The molecule has 0 fully saturated rings. The highest BCUT2D eigenvalue weighted by Gasteiger charge is 2.33. The number of carbonyl (C=O) groups is 2. The van der Waals surface area contributed by atoms with Gasteiger partial charge in [0, 0.05) is 23.7 Å². The van der Waals surface area contributed by atoms with E-state index in [-0.39, 0.29) is 28.8 Å². The highest BCUT2D eigenvalue weighted by Crippen LogP contribution is 2.33. The topological polar surface area (TPSA) is 34.1 Å². The van der Waals surface area contributed by atoms with E-state index < -0.39 is 0 Å². The Hall–Kier alpha value is -1.44. The van der Waals surface area contributed by atoms with Crippen LogP contribution < -0.4 is 0 Å². The first-order chi connectivity index (χ1) is 8.73. The number of hydrogen-bond acceptors (Lipinski definition) is 2. The zero-order chi connectivity index (χ0) is 14.6. The highest BCUT2D eigenvalue weighted by molar-refractivity contribution is 5.87. The Labute approximate surface area is 116 Å². The molecule has 0 N–H and O–H groups in total. The first kappa shape index (κ1) is 15.6. The smallest absolute Gasteiger partial charge is 0.141 e. The zero-order valence-electron chi connectivity index (χ0n) is 12.6. The summed E-state index contributed by atoms with van der Waals surface area (Å²) in [6.45, 7) is 9.32. The average molecular weight is 260 g/mol. The molecule has 0 saturated heterocycles. The van der Waals surface area contributed by atoms with Gasteiger partial charge in [0.15, 0.2) is 0 Å². The summed E-state index contributed by atoms with van der Waals surface area (Å²) in [7, 11) is 0. The van der Waals surface area contributed by atoms with Crippen LogP contribution in [0.1, 0.15) is 52.5 Å². The summed E-state index contributed by atoms with van der Waals surface area (Å²) < 4.78 is 0. The predicted octanol–water partition coefficient (Wildman–Crippen LogP) is 4.00. The molecule has 1 rings (SSSR count). The lowest BCUT2D eigenvalue weighted by molar-refractivity contribution is -0.131. The van der Waals surface area contributed by atoms with Gasteiger partial charge in [0.25, 0.3) is 0 Å². The van der Waals surface area contributed by atoms with Crippen LogP contribution in [0.15, 0.2) is 30.3 Å². The van der Waals surface area contributed by atoms with Crippen molar-refractivity contribution >= 4 is 11.6 Å². The van der Waals surface area contributed by atoms with Crippen molar-refractivity contribution < 1.29 is 9.59 Å². The third-order valence-corrected chi connectivity index (χ3v) is 3.49. The third-order valence-electron chi connectivity index (χ3n) is 3.49. The van der Waals surface area contributed by atoms with E-state index in [2.05, 4.69) is 0 Å². The molecule has 1 aromatic carbocycles. The van der Waals surface area contributed by atoms with E-state index >= 15 is 0 Å². The summed E-state index contributed by atoms with van der Waals surface area (Å²) in [6.07, 6.45) is 0.424. The van der Waals surface area contributed by atoms with Crippen LogP contribution in [0.5, 0.6) is 0 Å². The second-order valence-corrected chi connectivity index (χ2v) is 6.33. The molecule has 0 heterocycles. The average Bonchev–Trinajstić information content (AvgIpc) is 2.34. The van der Waals surface area contributed by atoms with E-state index in [1.165, 1.54) is 0 Å². The van der Waals surface area contributed by atoms with Gasteiger partial charge in [-0.05, 0) is 12.5 Å². The molecule has 0 amide bonds. The molecule has 2 atom stereocenters. The number of ketones is 2. The molecule has 1 aromatic rings. The number of carbonyl (C=O) groups excluding carboxylic acids is 2. The van der Waals surface area contributed by atoms with Gasteiger partial charge in [-0.1, -0.05) is 58.0 Å². The molecule has 0 spiro atoms. The molecule has 0 unspecified atom stereocenters. The molecule has 2 heteroatoms. The van der Waals surface area contributed by atoms with Crippen LogP contribution in [0.3, 0.4) is 0 Å². The fourth-order valence-corrected chi connectivity index (χ4v) is 2.46. The molecule has 0 aromatic heterocycles. The monoisotopic (exact) mass is 260 g/mol. The van der Waals surface area contributed by atoms with E-state index in [4.69, 9.17) is 0 Å². The normalized spacial score (nSPS) is 14.8. The number of benzene rings is 1. The van der Waals surface area contributed by atoms with Gasteiger partial charge in [0.05, 0.1) is 0 Å². The molecule has 0 radical (unpaired) electrons. The molecule has 19 heavy (non-hydrogen) atoms. The van der Waals surface area contributed by atoms with Gasteiger partial charge in [0.2, 0.25) is 0 Å². The van der Waals surface area contributed by atoms with Gasteiger partial charge >= 0.3 is 0 Å². The third kappa shape index (κ3) is 4.30. The van der Waals surface area contributed by atoms with Gasteiger partial charge < -0.3 is 4.79 Å². The lowest BCUT2D eigenvalue weighted by Gasteiger charge is -2.28. The predicted molar refractivity (Wildman–Crippen MR) is 78.1 cm³/mol. The van der Waals surface area contributed by atoms with E-state index in [0.29, 0.717) is 6.42 Å². The van der Waals surface area contributed by atoms with Crippen molar-refractivity contribution in [3.8, 4) is 0 Å². The molecule has 0 aliphatic heterocycles. The van der Waals surface area contributed by atoms with Gasteiger partial charge in [0.1, 0.15) is 11.6 Å². The molecule has 104 valence electrons. The first-order valence-electron chi connectivity index (χ1n) is 6.82. The lowest BCUT2D eigenvalue weighted by Crippen LogP contribution is -2.31. The fourth-order valence-electron chi connectivity index (χ4n) is 2.46. The largest absolute Gasteiger partial charge is 0.300 e. The SMILES string of the molecule is CC(=O)C[C@@H](c1ccccc1)[C@H](C)C(=O)C(C)(C)C. The standard InChI is InChI=1S/C17H24O2/c1-12(18)11-15(14-9-7-6-8-10-14)13(2)16(19)17(3,4)5/h6-10,13,15H,11H2,1-5H3/t13-,15+/m0/s1. The van der Waals surface area contributed by atoms with Crippen LogP contribution in [-0.2, 0) is 9.59 Å². The summed E-state index contributed by atoms with van der Waals surface area (Å²) >= 11 is 0. The van der Waals surface area contributed by atoms with Gasteiger partial charge in [-0.2, -0.15) is 0 Å². The van der Waals surface area contributed by atoms with Gasteiger partial charge in [-0.25, -0.2) is 0 Å². The maximum atomic E-state index is 12.4. The Morgan fingerprint density at radius 3 is 2.05 bits per heavy atom. The quantitative estimate of drug-likeness (QED) is 0.802. The summed E-state index contributed by atoms with van der Waals surface area (Å²) in [4.78, 5) is 23.9. The van der Waals surface area contributed by atoms with Gasteiger partial charge in [-0.3, -0.25) is 4.79 Å². The molecule has 0 aliphatic carbocycles. The van der Waals surface area contributed by atoms with Crippen molar-refractivity contribution in [2.45, 2.75) is 47.0 Å². The van der Waals surface area contributed by atoms with Crippen LogP contribution in [0, 0.1) is 11.3 Å². The second kappa shape index (κ2) is 6.14. The Kier molecular flexibility index (Phi) is 5.04. The van der Waals surface area contributed by atoms with Crippen molar-refractivity contribution in [2.75, 3.05) is 0 Å². The molecule has 0 aliphatic rings. The highest BCUT2D eigenvalue weighted by atomic mass is 16.1. The van der Waals surface area contributed by atoms with Crippen LogP contribution >= 0.6 is 0 Å². The van der Waals surface area contributed by atoms with Crippen molar-refractivity contribution in [3.05, 3.63) is 35.9 Å². The molecule has 0 bridgehead atoms. The minimum atomic E-state index is -0.372. The molecular formula is C17H24O2. The maximum Gasteiger partial charge on any atom is 0.141 e. The van der Waals surface area contributed by atoms with Crippen molar-refractivity contribution in [1.29, 1.82) is 0 Å². The zero-order valence-corrected chi connectivity index (χ0v) is 12.6. The van der Waals surface area contributed by atoms with Gasteiger partial charge in [-0.15, -0.1) is 0 Å². The molecule has 2 nitrogen and oxygen atoms in total. The summed E-state index contributed by atoms with van der Waals surface area (Å²) in [6, 6.07) is 9.86. The second-order valence-electron chi connectivity index (χ2n) is 6.33. The summed E-state index contributed by atoms with van der Waals surface area (Å²) in [5.41, 5.74) is 0.700. The van der Waals surface area contributed by atoms with E-state index in [9.17, 15) is 9.59 Å². The lowest BCUT2D eigenvalue weighted by atomic mass is 9.74. The Balaban J connectivity index is 3.05. The van der Waals surface area contributed by atoms with Crippen molar-refractivity contribution in [2.24, 2.45) is 11.3 Å². The van der Waals surface area contributed by atoms with Crippen LogP contribution in [0.2, 0.25) is 0 Å². The minimum Gasteiger partial charge on any atom is -0.300 e. The number of hydrogen-bond donors (Lipinski definition) is 0. The maximum absolute atomic E-state index is 12.4. The Morgan fingerprint density at radius 1 is 1.11 bits per heavy atom. The van der Waals surface area contributed by atoms with Crippen molar-refractivity contribution in [1.82, 2.24) is 0 Å². The Bertz CT molecular complexity index is 440. The summed E-state index contributed by atoms with van der Waals surface area (Å²) in [5.74, 6) is 0.168. The van der Waals surface area contributed by atoms with E-state index in [0.717, 1.165) is 5.56 Å². The number of rotatable bonds is 5. The summed E-state index contributed by atoms with van der Waals surface area (Å²) in [5, 5.41) is 0. The fraction of sp³-hybridized carbons (Fsp3) is 0.529. The van der Waals surface area contributed by atoms with E-state index in [1.54, 1.807) is 6.92 Å². The van der Waals surface area contributed by atoms with Crippen LogP contribution in [0.25, 0.3) is 0 Å². The molecular weight excluding hydrogens is 236 g/mol. The molecule has 0 saturated carbocycles.